The lowest BCUT2D eigenvalue weighted by Gasteiger charge is -2.32. The number of benzene rings is 3. The Morgan fingerprint density at radius 1 is 0.468 bits per heavy atom. The molecule has 4 aromatic heterocycles. The summed E-state index contributed by atoms with van der Waals surface area (Å²) < 4.78 is 56.5. The molecule has 16 atom stereocenters. The quantitative estimate of drug-likeness (QED) is 0.0320. The van der Waals surface area contributed by atoms with Crippen molar-refractivity contribution in [2.24, 2.45) is 0 Å². The molecular formula is C79H114N12O20. The first-order valence-electron chi connectivity index (χ1n) is 37.8. The van der Waals surface area contributed by atoms with Crippen molar-refractivity contribution >= 4 is 5.97 Å². The molecule has 4 aliphatic heterocycles. The fraction of sp³-hybridized carbons (Fsp3) is 0.557. The molecule has 7 aromatic rings. The van der Waals surface area contributed by atoms with Crippen LogP contribution in [0.5, 0.6) is 23.5 Å². The Kier molecular flexibility index (Phi) is 33.8. The average Bonchev–Trinajstić information content (AvgIpc) is 0.879. The molecule has 4 fully saturated rings. The minimum Gasteiger partial charge on any atom is -0.497 e. The van der Waals surface area contributed by atoms with E-state index in [0.717, 1.165) is 24.6 Å². The second-order valence-electron chi connectivity index (χ2n) is 27.2. The standard InChI is InChI=1S/C22H22O2.C15H23N3O5.C15H25N3O4.C14H23N3O5.C13H21N3O4/c1-22(17-7-5-4-6-8-17,18-9-13-20(23-2)14-10-18)19-11-15-21(24-3)16-12-19;1-5-10-13(22-9(3)19)12(17(4)6-2)14(23-10)18-8-7-11(20)16-15(18)21;1-5-10-13(20)12(17(4)6-2)14(22-10)18-9-8-11(19)16-15(18)21-7-3;1-4-16(3)11-12(20)9(8-18)22-13(11)17-7-6-10(19)15-14(17)21-5-2;1-4-8-11(18)10(15(3)5-2)12(20-8)16-7-6-9(17)14-13(16)19/h4-16H,1-3H3;7-8,10,12-14H,5-6H2,1-4H3,(H,16,20,21);8-10,12-14,20H,5-7H2,1-4H3;6-7,9,11-13,18,20H,4-5,8H2,1-3H3;6-8,10-12,18H,4-5H2,1-3H3,(H,14,17,19)/t;2*10-,12?,13+,14-;9-,11?,12+,13-;8-,10?,11+,12-/m.1111/s1. The van der Waals surface area contributed by atoms with Gasteiger partial charge in [0.15, 0.2) is 24.9 Å². The molecule has 0 bridgehead atoms. The van der Waals surface area contributed by atoms with Gasteiger partial charge in [0.25, 0.3) is 22.2 Å². The van der Waals surface area contributed by atoms with E-state index >= 15 is 0 Å². The van der Waals surface area contributed by atoms with Crippen LogP contribution in [0.3, 0.4) is 0 Å². The van der Waals surface area contributed by atoms with Crippen LogP contribution in [-0.2, 0) is 33.9 Å². The summed E-state index contributed by atoms with van der Waals surface area (Å²) >= 11 is 0. The molecule has 4 saturated heterocycles. The number of esters is 1. The molecule has 0 aliphatic carbocycles. The first-order chi connectivity index (χ1) is 53.1. The molecule has 4 unspecified atom stereocenters. The van der Waals surface area contributed by atoms with Crippen molar-refractivity contribution < 1.29 is 67.9 Å². The molecule has 32 nitrogen and oxygen atoms in total. The van der Waals surface area contributed by atoms with Gasteiger partial charge in [-0.05, 0) is 135 Å². The summed E-state index contributed by atoms with van der Waals surface area (Å²) in [5.41, 5.74) is 0.698. The monoisotopic (exact) mass is 1550 g/mol. The maximum absolute atomic E-state index is 12.1. The van der Waals surface area contributed by atoms with Crippen molar-refractivity contribution in [3.05, 3.63) is 207 Å². The van der Waals surface area contributed by atoms with E-state index in [-0.39, 0.29) is 78.1 Å². The largest absolute Gasteiger partial charge is 0.497 e. The van der Waals surface area contributed by atoms with Gasteiger partial charge in [0.1, 0.15) is 42.0 Å². The van der Waals surface area contributed by atoms with Crippen molar-refractivity contribution in [2.45, 2.75) is 199 Å². The number of methoxy groups -OCH3 is 2. The predicted octanol–water partition coefficient (Wildman–Crippen LogP) is 4.52. The number of carbonyl (C=O) groups excluding carboxylic acids is 1. The zero-order valence-electron chi connectivity index (χ0n) is 66.7. The van der Waals surface area contributed by atoms with E-state index in [4.69, 9.17) is 42.6 Å². The number of hydrogen-bond acceptors (Lipinski definition) is 26. The highest BCUT2D eigenvalue weighted by Crippen LogP contribution is 2.42. The third-order valence-electron chi connectivity index (χ3n) is 20.7. The topological polar surface area (TPSA) is 374 Å². The molecule has 3 aromatic carbocycles. The third-order valence-corrected chi connectivity index (χ3v) is 20.7. The number of carbonyl (C=O) groups is 1. The molecule has 11 rings (SSSR count). The third kappa shape index (κ3) is 21.4. The zero-order valence-corrected chi connectivity index (χ0v) is 66.7. The Labute approximate surface area is 646 Å². The van der Waals surface area contributed by atoms with Crippen LogP contribution in [0, 0.1) is 0 Å². The number of likely N-dealkylation sites (N-methyl/N-ethyl adjacent to an activating group) is 4. The lowest BCUT2D eigenvalue weighted by atomic mass is 9.71. The van der Waals surface area contributed by atoms with E-state index in [1.54, 1.807) is 36.5 Å². The van der Waals surface area contributed by atoms with Crippen molar-refractivity contribution in [1.82, 2.24) is 57.8 Å². The molecule has 6 N–H and O–H groups in total. The van der Waals surface area contributed by atoms with Gasteiger partial charge in [-0.25, -0.2) is 9.59 Å². The van der Waals surface area contributed by atoms with E-state index in [1.807, 2.05) is 134 Å². The molecule has 8 heterocycles. The van der Waals surface area contributed by atoms with Crippen LogP contribution < -0.4 is 52.6 Å². The van der Waals surface area contributed by atoms with Gasteiger partial charge in [-0.1, -0.05) is 103 Å². The molecule has 32 heteroatoms. The van der Waals surface area contributed by atoms with Gasteiger partial charge in [0.2, 0.25) is 0 Å². The summed E-state index contributed by atoms with van der Waals surface area (Å²) in [4.78, 5) is 101. The Bertz CT molecular complexity index is 4240. The van der Waals surface area contributed by atoms with Crippen molar-refractivity contribution in [1.29, 1.82) is 0 Å². The summed E-state index contributed by atoms with van der Waals surface area (Å²) in [6.45, 7) is 24.3. The number of ether oxygens (including phenoxy) is 9. The molecule has 111 heavy (non-hydrogen) atoms. The number of H-pyrrole nitrogens is 2. The van der Waals surface area contributed by atoms with Crippen LogP contribution in [0.4, 0.5) is 0 Å². The lowest BCUT2D eigenvalue weighted by molar-refractivity contribution is -0.151. The molecule has 0 radical (unpaired) electrons. The summed E-state index contributed by atoms with van der Waals surface area (Å²) in [7, 11) is 10.9. The summed E-state index contributed by atoms with van der Waals surface area (Å²) in [5.74, 6) is 1.34. The zero-order chi connectivity index (χ0) is 81.6. The normalized spacial score (nSPS) is 24.7. The first kappa shape index (κ1) is 89.2. The van der Waals surface area contributed by atoms with Crippen LogP contribution in [0.25, 0.3) is 0 Å². The smallest absolute Gasteiger partial charge is 0.330 e. The summed E-state index contributed by atoms with van der Waals surface area (Å²) in [6.07, 6.45) is 1.49. The number of rotatable bonds is 26. The van der Waals surface area contributed by atoms with E-state index < -0.39 is 83.5 Å². The summed E-state index contributed by atoms with van der Waals surface area (Å²) in [5, 5.41) is 40.7. The maximum atomic E-state index is 12.1. The first-order valence-corrected chi connectivity index (χ1v) is 37.8. The van der Waals surface area contributed by atoms with E-state index in [1.165, 1.54) is 75.6 Å². The SMILES string of the molecule is CCOc1nc(=O)ccn1[C@@H]1O[C@H](CC)[C@H](O)C1N(C)CC.CCOc1nc(=O)ccn1[C@@H]1O[C@H](CO)[C@H](O)C1N(C)CC.CC[C@H]1O[C@@H](n2ccc(=O)[nH]c2=O)C(N(C)CC)[C@H]1O.CC[C@H]1O[C@@H](n2ccc(=O)[nH]c2=O)C(N(C)CC)[C@H]1OC(C)=O.COc1ccc(C(C)(c2ccccc2)c2ccc(OC)cc2)cc1. The van der Waals surface area contributed by atoms with Crippen LogP contribution >= 0.6 is 0 Å². The molecule has 610 valence electrons. The second kappa shape index (κ2) is 42.0. The van der Waals surface area contributed by atoms with Gasteiger partial charge < -0.3 is 63.1 Å². The number of hydrogen-bond donors (Lipinski definition) is 6. The number of nitrogens with zero attached hydrogens (tertiary/aromatic N) is 10. The molecule has 0 amide bonds. The number of aromatic nitrogens is 8. The fourth-order valence-corrected chi connectivity index (χ4v) is 14.1. The number of aliphatic hydroxyl groups is 4. The molecule has 0 spiro atoms. The van der Waals surface area contributed by atoms with Crippen molar-refractivity contribution in [2.75, 3.05) is 88.4 Å². The van der Waals surface area contributed by atoms with Gasteiger partial charge in [0.05, 0.1) is 76.5 Å². The molecular weight excluding hydrogens is 1440 g/mol. The minimum absolute atomic E-state index is 0.139. The number of aliphatic hydroxyl groups excluding tert-OH is 4. The van der Waals surface area contributed by atoms with Gasteiger partial charge in [-0.3, -0.25) is 71.8 Å². The Morgan fingerprint density at radius 2 is 0.802 bits per heavy atom. The number of nitrogens with one attached hydrogen (secondary N) is 2. The lowest BCUT2D eigenvalue weighted by Crippen LogP contribution is -2.48. The van der Waals surface area contributed by atoms with E-state index in [9.17, 15) is 54.0 Å². The van der Waals surface area contributed by atoms with Crippen molar-refractivity contribution in [3.8, 4) is 23.5 Å². The van der Waals surface area contributed by atoms with Crippen LogP contribution in [0.1, 0.15) is 137 Å². The average molecular weight is 1550 g/mol. The van der Waals surface area contributed by atoms with Crippen LogP contribution in [0.15, 0.2) is 157 Å². The highest BCUT2D eigenvalue weighted by Gasteiger charge is 2.51. The van der Waals surface area contributed by atoms with Gasteiger partial charge >= 0.3 is 29.4 Å². The Balaban J connectivity index is 0.000000193. The van der Waals surface area contributed by atoms with E-state index in [0.29, 0.717) is 45.6 Å². The molecule has 0 saturated carbocycles. The van der Waals surface area contributed by atoms with Gasteiger partial charge in [-0.2, -0.15) is 9.97 Å². The maximum Gasteiger partial charge on any atom is 0.330 e. The predicted molar refractivity (Wildman–Crippen MR) is 416 cm³/mol. The van der Waals surface area contributed by atoms with Gasteiger partial charge in [0, 0.05) is 61.4 Å². The highest BCUT2D eigenvalue weighted by molar-refractivity contribution is 5.66. The van der Waals surface area contributed by atoms with Crippen LogP contribution in [-0.4, -0.2) is 246 Å². The number of aromatic amines is 2. The van der Waals surface area contributed by atoms with Gasteiger partial charge in [-0.15, -0.1) is 0 Å². The summed E-state index contributed by atoms with van der Waals surface area (Å²) in [6, 6.07) is 31.5. The second-order valence-corrected chi connectivity index (χ2v) is 27.2. The minimum atomic E-state index is -0.853. The van der Waals surface area contributed by atoms with Crippen LogP contribution in [0.2, 0.25) is 0 Å². The molecule has 4 aliphatic rings. The Morgan fingerprint density at radius 3 is 1.14 bits per heavy atom. The van der Waals surface area contributed by atoms with Crippen molar-refractivity contribution in [3.63, 3.8) is 0 Å². The van der Waals surface area contributed by atoms with E-state index in [2.05, 4.69) is 75.4 Å². The fourth-order valence-electron chi connectivity index (χ4n) is 14.1. The Hall–Kier alpha value is -9.03. The highest BCUT2D eigenvalue weighted by atomic mass is 16.6.